The van der Waals surface area contributed by atoms with E-state index in [0.717, 1.165) is 16.7 Å². The zero-order valence-electron chi connectivity index (χ0n) is 27.3. The second kappa shape index (κ2) is 15.1. The average Bonchev–Trinajstić information content (AvgIpc) is 3.84. The standard InChI is InChI=1S/C20H22O8S2.C13H15IO5S/c1-13-3-7-15(8-4-13)29(21,22)27-17-11-25-20-18(12-26-19(17)20)28-30(23,24)16-9-5-14(2)6-10-16;1-8-2-4-9(5-3-8)20(15,16)19-11-7-18-12-10(14)6-17-13(11)12/h3-10,17-20H,11-12H2,1-2H3;2-5,10-13H,6-7H2,1H3/t17-,18-,19-,20-;10?,11-,12+,13+/m10/s1. The molecule has 13 nitrogen and oxygen atoms in total. The molecule has 0 aromatic heterocycles. The predicted octanol–water partition coefficient (Wildman–Crippen LogP) is 3.62. The molecule has 0 amide bonds. The average molecular weight is 865 g/mol. The van der Waals surface area contributed by atoms with Gasteiger partial charge < -0.3 is 18.9 Å². The van der Waals surface area contributed by atoms with Gasteiger partial charge in [0.15, 0.2) is 0 Å². The van der Waals surface area contributed by atoms with E-state index in [-0.39, 0.29) is 50.6 Å². The number of rotatable bonds is 9. The highest BCUT2D eigenvalue weighted by molar-refractivity contribution is 14.1. The van der Waals surface area contributed by atoms with Gasteiger partial charge >= 0.3 is 0 Å². The minimum atomic E-state index is -4.02. The molecule has 4 saturated heterocycles. The molecule has 0 spiro atoms. The van der Waals surface area contributed by atoms with E-state index in [2.05, 4.69) is 22.6 Å². The summed E-state index contributed by atoms with van der Waals surface area (Å²) in [6.45, 7) is 6.32. The third kappa shape index (κ3) is 8.43. The van der Waals surface area contributed by atoms with E-state index in [0.29, 0.717) is 6.61 Å². The Morgan fingerprint density at radius 2 is 0.720 bits per heavy atom. The van der Waals surface area contributed by atoms with Crippen molar-refractivity contribution in [1.29, 1.82) is 0 Å². The molecule has 0 saturated carbocycles. The molecule has 4 heterocycles. The topological polar surface area (TPSA) is 167 Å². The second-order valence-corrected chi connectivity index (χ2v) is 18.7. The number of aryl methyl sites for hydroxylation is 3. The quantitative estimate of drug-likeness (QED) is 0.174. The van der Waals surface area contributed by atoms with Gasteiger partial charge in [-0.05, 0) is 57.2 Å². The van der Waals surface area contributed by atoms with E-state index in [1.807, 2.05) is 20.8 Å². The molecule has 272 valence electrons. The van der Waals surface area contributed by atoms with Crippen LogP contribution in [0.15, 0.2) is 87.5 Å². The first-order chi connectivity index (χ1) is 23.6. The van der Waals surface area contributed by atoms with Crippen LogP contribution in [-0.2, 0) is 61.9 Å². The van der Waals surface area contributed by atoms with Gasteiger partial charge in [0.05, 0.1) is 45.0 Å². The Kier molecular flexibility index (Phi) is 11.4. The molecule has 0 bridgehead atoms. The lowest BCUT2D eigenvalue weighted by molar-refractivity contribution is 0.0220. The highest BCUT2D eigenvalue weighted by atomic mass is 127. The van der Waals surface area contributed by atoms with E-state index in [4.69, 9.17) is 31.5 Å². The Bertz CT molecular complexity index is 1880. The van der Waals surface area contributed by atoms with Crippen LogP contribution in [-0.4, -0.2) is 98.3 Å². The lowest BCUT2D eigenvalue weighted by Gasteiger charge is -2.17. The summed E-state index contributed by atoms with van der Waals surface area (Å²) in [5, 5.41) is 0. The van der Waals surface area contributed by atoms with Gasteiger partial charge in [0.1, 0.15) is 42.7 Å². The molecule has 0 N–H and O–H groups in total. The minimum Gasteiger partial charge on any atom is -0.371 e. The van der Waals surface area contributed by atoms with E-state index in [9.17, 15) is 25.3 Å². The Hall–Kier alpha value is -2.04. The Morgan fingerprint density at radius 1 is 0.460 bits per heavy atom. The lowest BCUT2D eigenvalue weighted by atomic mass is 10.1. The smallest absolute Gasteiger partial charge is 0.297 e. The number of alkyl halides is 1. The Morgan fingerprint density at radius 3 is 1.04 bits per heavy atom. The van der Waals surface area contributed by atoms with Crippen molar-refractivity contribution in [3.8, 4) is 0 Å². The monoisotopic (exact) mass is 864 g/mol. The number of hydrogen-bond donors (Lipinski definition) is 0. The van der Waals surface area contributed by atoms with Gasteiger partial charge in [-0.3, -0.25) is 12.5 Å². The number of benzene rings is 3. The van der Waals surface area contributed by atoms with Crippen LogP contribution in [0.2, 0.25) is 0 Å². The largest absolute Gasteiger partial charge is 0.371 e. The summed E-state index contributed by atoms with van der Waals surface area (Å²) in [4.78, 5) is 0.226. The molecule has 0 aliphatic carbocycles. The zero-order chi connectivity index (χ0) is 35.8. The van der Waals surface area contributed by atoms with Crippen molar-refractivity contribution in [1.82, 2.24) is 0 Å². The molecule has 50 heavy (non-hydrogen) atoms. The summed E-state index contributed by atoms with van der Waals surface area (Å²) >= 11 is 2.26. The molecule has 7 rings (SSSR count). The molecule has 8 atom stereocenters. The molecule has 4 fully saturated rings. The Labute approximate surface area is 306 Å². The summed E-state index contributed by atoms with van der Waals surface area (Å²) in [7, 11) is -11.8. The first kappa shape index (κ1) is 37.7. The molecule has 0 radical (unpaired) electrons. The van der Waals surface area contributed by atoms with Crippen LogP contribution in [0.3, 0.4) is 0 Å². The van der Waals surface area contributed by atoms with E-state index < -0.39 is 60.9 Å². The number of halogens is 1. The number of hydrogen-bond acceptors (Lipinski definition) is 13. The van der Waals surface area contributed by atoms with Crippen molar-refractivity contribution >= 4 is 52.9 Å². The van der Waals surface area contributed by atoms with Crippen LogP contribution in [0.5, 0.6) is 0 Å². The summed E-state index contributed by atoms with van der Waals surface area (Å²) in [5.41, 5.74) is 2.85. The molecular formula is C33H37IO13S3. The molecule has 4 aliphatic heterocycles. The van der Waals surface area contributed by atoms with Crippen LogP contribution in [0.4, 0.5) is 0 Å². The van der Waals surface area contributed by atoms with Gasteiger partial charge in [-0.1, -0.05) is 75.7 Å². The van der Waals surface area contributed by atoms with Crippen molar-refractivity contribution in [2.75, 3.05) is 26.4 Å². The Balaban J connectivity index is 0.000000187. The zero-order valence-corrected chi connectivity index (χ0v) is 31.9. The van der Waals surface area contributed by atoms with Crippen molar-refractivity contribution < 1.29 is 56.8 Å². The SMILES string of the molecule is Cc1ccc(S(=O)(=O)O[C@@H]2CO[C@H]3[C@@H]2OC[C@H]3OS(=O)(=O)c2ccc(C)cc2)cc1.Cc1ccc(S(=O)(=O)O[C@H]2CO[C@@H]3C(I)CO[C@H]23)cc1. The van der Waals surface area contributed by atoms with Gasteiger partial charge in [-0.2, -0.15) is 25.3 Å². The highest BCUT2D eigenvalue weighted by Crippen LogP contribution is 2.35. The fourth-order valence-corrected chi connectivity index (χ4v) is 9.90. The van der Waals surface area contributed by atoms with Crippen LogP contribution >= 0.6 is 22.6 Å². The van der Waals surface area contributed by atoms with Gasteiger partial charge in [0.25, 0.3) is 30.4 Å². The van der Waals surface area contributed by atoms with Crippen molar-refractivity contribution in [3.05, 3.63) is 89.5 Å². The maximum absolute atomic E-state index is 12.6. The van der Waals surface area contributed by atoms with E-state index in [1.54, 1.807) is 48.5 Å². The van der Waals surface area contributed by atoms with Gasteiger partial charge in [-0.15, -0.1) is 0 Å². The summed E-state index contributed by atoms with van der Waals surface area (Å²) in [5.74, 6) is 0. The highest BCUT2D eigenvalue weighted by Gasteiger charge is 2.52. The molecule has 4 aliphatic rings. The minimum absolute atomic E-state index is 0.0318. The van der Waals surface area contributed by atoms with Gasteiger partial charge in [-0.25, -0.2) is 0 Å². The normalized spacial score (nSPS) is 29.3. The molecule has 1 unspecified atom stereocenters. The van der Waals surface area contributed by atoms with Gasteiger partial charge in [0, 0.05) is 0 Å². The second-order valence-electron chi connectivity index (χ2n) is 12.4. The fourth-order valence-electron chi connectivity index (χ4n) is 5.86. The first-order valence-electron chi connectivity index (χ1n) is 15.7. The van der Waals surface area contributed by atoms with Crippen LogP contribution in [0, 0.1) is 20.8 Å². The number of ether oxygens (including phenoxy) is 4. The fraction of sp³-hybridized carbons (Fsp3) is 0.455. The maximum Gasteiger partial charge on any atom is 0.297 e. The third-order valence-electron chi connectivity index (χ3n) is 8.59. The summed E-state index contributed by atoms with van der Waals surface area (Å²) < 4.78 is 113. The predicted molar refractivity (Wildman–Crippen MR) is 186 cm³/mol. The van der Waals surface area contributed by atoms with E-state index in [1.165, 1.54) is 24.3 Å². The molecule has 3 aromatic carbocycles. The van der Waals surface area contributed by atoms with E-state index >= 15 is 0 Å². The van der Waals surface area contributed by atoms with Crippen LogP contribution in [0.1, 0.15) is 16.7 Å². The van der Waals surface area contributed by atoms with Crippen LogP contribution in [0.25, 0.3) is 0 Å². The van der Waals surface area contributed by atoms with Gasteiger partial charge in [0.2, 0.25) is 0 Å². The molecule has 17 heteroatoms. The lowest BCUT2D eigenvalue weighted by Crippen LogP contribution is -2.36. The molecular weight excluding hydrogens is 827 g/mol. The van der Waals surface area contributed by atoms with Crippen molar-refractivity contribution in [2.45, 2.75) is 82.1 Å². The summed E-state index contributed by atoms with van der Waals surface area (Å²) in [6, 6.07) is 19.2. The van der Waals surface area contributed by atoms with Crippen molar-refractivity contribution in [2.24, 2.45) is 0 Å². The maximum atomic E-state index is 12.6. The van der Waals surface area contributed by atoms with Crippen molar-refractivity contribution in [3.63, 3.8) is 0 Å². The molecule has 3 aromatic rings. The summed E-state index contributed by atoms with van der Waals surface area (Å²) in [6.07, 6.45) is -4.21. The first-order valence-corrected chi connectivity index (χ1v) is 21.2. The van der Waals surface area contributed by atoms with Crippen LogP contribution < -0.4 is 0 Å². The number of fused-ring (bicyclic) bond motifs is 2. The third-order valence-corrected chi connectivity index (χ3v) is 13.7.